The van der Waals surface area contributed by atoms with E-state index in [-0.39, 0.29) is 11.3 Å². The molecule has 4 nitrogen and oxygen atoms in total. The number of benzene rings is 2. The standard InChI is InChI=1S/C17H11FN2O2/c18-12-7-5-11(6-8-12)15(21)9-10-16-19-14-4-2-1-3-13(14)17(22)20-16/h1-10H,(H,19,20,22)/b10-9+. The van der Waals surface area contributed by atoms with Crippen molar-refractivity contribution in [2.75, 3.05) is 0 Å². The predicted octanol–water partition coefficient (Wildman–Crippen LogP) is 2.96. The Morgan fingerprint density at radius 3 is 2.59 bits per heavy atom. The molecule has 2 aromatic carbocycles. The van der Waals surface area contributed by atoms with E-state index in [1.165, 1.54) is 36.4 Å². The van der Waals surface area contributed by atoms with Crippen LogP contribution in [0.4, 0.5) is 4.39 Å². The van der Waals surface area contributed by atoms with Crippen molar-refractivity contribution in [3.8, 4) is 0 Å². The summed E-state index contributed by atoms with van der Waals surface area (Å²) in [5.41, 5.74) is 0.653. The van der Waals surface area contributed by atoms with Crippen molar-refractivity contribution in [3.63, 3.8) is 0 Å². The van der Waals surface area contributed by atoms with Crippen molar-refractivity contribution < 1.29 is 9.18 Å². The summed E-state index contributed by atoms with van der Waals surface area (Å²) in [7, 11) is 0. The topological polar surface area (TPSA) is 62.8 Å². The van der Waals surface area contributed by atoms with E-state index in [1.54, 1.807) is 24.3 Å². The molecule has 22 heavy (non-hydrogen) atoms. The molecule has 108 valence electrons. The van der Waals surface area contributed by atoms with Gasteiger partial charge in [0.05, 0.1) is 10.9 Å². The van der Waals surface area contributed by atoms with Crippen LogP contribution in [0.15, 0.2) is 59.4 Å². The maximum absolute atomic E-state index is 12.8. The first-order chi connectivity index (χ1) is 10.6. The van der Waals surface area contributed by atoms with Crippen molar-refractivity contribution in [2.45, 2.75) is 0 Å². The average molecular weight is 294 g/mol. The Morgan fingerprint density at radius 1 is 1.09 bits per heavy atom. The summed E-state index contributed by atoms with van der Waals surface area (Å²) in [6.45, 7) is 0. The number of halogens is 1. The Labute approximate surface area is 125 Å². The molecule has 0 aliphatic carbocycles. The Kier molecular flexibility index (Phi) is 3.62. The van der Waals surface area contributed by atoms with E-state index in [2.05, 4.69) is 9.97 Å². The number of carbonyl (C=O) groups is 1. The van der Waals surface area contributed by atoms with Gasteiger partial charge < -0.3 is 4.98 Å². The first kappa shape index (κ1) is 13.9. The summed E-state index contributed by atoms with van der Waals surface area (Å²) in [5, 5.41) is 0.490. The molecule has 0 aliphatic rings. The number of allylic oxidation sites excluding steroid dienone is 1. The van der Waals surface area contributed by atoms with E-state index in [0.717, 1.165) is 0 Å². The van der Waals surface area contributed by atoms with E-state index >= 15 is 0 Å². The molecule has 1 heterocycles. The van der Waals surface area contributed by atoms with Crippen LogP contribution in [0.25, 0.3) is 17.0 Å². The van der Waals surface area contributed by atoms with E-state index in [1.807, 2.05) is 0 Å². The lowest BCUT2D eigenvalue weighted by Gasteiger charge is -1.98. The second-order valence-electron chi connectivity index (χ2n) is 4.67. The first-order valence-electron chi connectivity index (χ1n) is 6.60. The molecular weight excluding hydrogens is 283 g/mol. The minimum atomic E-state index is -0.402. The number of nitrogens with one attached hydrogen (secondary N) is 1. The van der Waals surface area contributed by atoms with Gasteiger partial charge in [-0.05, 0) is 48.6 Å². The van der Waals surface area contributed by atoms with Gasteiger partial charge in [-0.1, -0.05) is 12.1 Å². The summed E-state index contributed by atoms with van der Waals surface area (Å²) >= 11 is 0. The van der Waals surface area contributed by atoms with Crippen LogP contribution in [0.5, 0.6) is 0 Å². The van der Waals surface area contributed by atoms with Crippen LogP contribution in [-0.4, -0.2) is 15.8 Å². The molecule has 1 N–H and O–H groups in total. The average Bonchev–Trinajstić information content (AvgIpc) is 2.53. The van der Waals surface area contributed by atoms with Gasteiger partial charge >= 0.3 is 0 Å². The minimum absolute atomic E-state index is 0.264. The summed E-state index contributed by atoms with van der Waals surface area (Å²) in [6, 6.07) is 12.2. The molecule has 0 atom stereocenters. The number of hydrogen-bond donors (Lipinski definition) is 1. The first-order valence-corrected chi connectivity index (χ1v) is 6.60. The van der Waals surface area contributed by atoms with Gasteiger partial charge in [0, 0.05) is 5.56 Å². The molecule has 0 saturated heterocycles. The van der Waals surface area contributed by atoms with E-state index in [4.69, 9.17) is 0 Å². The lowest BCUT2D eigenvalue weighted by molar-refractivity contribution is 0.104. The molecule has 1 aromatic heterocycles. The predicted molar refractivity (Wildman–Crippen MR) is 82.1 cm³/mol. The summed E-state index contributed by atoms with van der Waals surface area (Å²) in [4.78, 5) is 30.7. The van der Waals surface area contributed by atoms with Gasteiger partial charge in [-0.2, -0.15) is 0 Å². The third-order valence-corrected chi connectivity index (χ3v) is 3.15. The highest BCUT2D eigenvalue weighted by Crippen LogP contribution is 2.08. The summed E-state index contributed by atoms with van der Waals surface area (Å²) in [5.74, 6) is -0.406. The fourth-order valence-electron chi connectivity index (χ4n) is 2.05. The van der Waals surface area contributed by atoms with Crippen molar-refractivity contribution in [3.05, 3.63) is 82.2 Å². The van der Waals surface area contributed by atoms with Gasteiger partial charge in [0.15, 0.2) is 5.78 Å². The number of hydrogen-bond acceptors (Lipinski definition) is 3. The molecule has 0 bridgehead atoms. The highest BCUT2D eigenvalue weighted by Gasteiger charge is 2.03. The van der Waals surface area contributed by atoms with Gasteiger partial charge in [0.25, 0.3) is 5.56 Å². The Morgan fingerprint density at radius 2 is 1.82 bits per heavy atom. The highest BCUT2D eigenvalue weighted by molar-refractivity contribution is 6.06. The maximum atomic E-state index is 12.8. The van der Waals surface area contributed by atoms with Gasteiger partial charge in [0.1, 0.15) is 11.6 Å². The number of fused-ring (bicyclic) bond motifs is 1. The number of para-hydroxylation sites is 1. The van der Waals surface area contributed by atoms with Gasteiger partial charge in [0.2, 0.25) is 0 Å². The summed E-state index contributed by atoms with van der Waals surface area (Å²) < 4.78 is 12.8. The number of ketones is 1. The summed E-state index contributed by atoms with van der Waals surface area (Å²) in [6.07, 6.45) is 2.72. The minimum Gasteiger partial charge on any atom is -0.306 e. The largest absolute Gasteiger partial charge is 0.306 e. The number of nitrogens with zero attached hydrogens (tertiary/aromatic N) is 1. The fourth-order valence-corrected chi connectivity index (χ4v) is 2.05. The molecule has 0 unspecified atom stereocenters. The third kappa shape index (κ3) is 2.83. The molecule has 0 fully saturated rings. The lowest BCUT2D eigenvalue weighted by Crippen LogP contribution is -2.09. The number of aromatic amines is 1. The molecule has 0 saturated carbocycles. The second kappa shape index (κ2) is 5.73. The Hall–Kier alpha value is -3.08. The van der Waals surface area contributed by atoms with Crippen molar-refractivity contribution >= 4 is 22.8 Å². The van der Waals surface area contributed by atoms with Crippen LogP contribution in [0.2, 0.25) is 0 Å². The molecule has 0 spiro atoms. The van der Waals surface area contributed by atoms with Crippen LogP contribution in [0, 0.1) is 5.82 Å². The SMILES string of the molecule is O=C(/C=C/c1nc2ccccc2c(=O)[nH]1)c1ccc(F)cc1. The molecule has 0 radical (unpaired) electrons. The zero-order chi connectivity index (χ0) is 15.5. The lowest BCUT2D eigenvalue weighted by atomic mass is 10.1. The molecule has 0 aliphatic heterocycles. The highest BCUT2D eigenvalue weighted by atomic mass is 19.1. The van der Waals surface area contributed by atoms with Gasteiger partial charge in [-0.25, -0.2) is 9.37 Å². The normalized spacial score (nSPS) is 11.1. The van der Waals surface area contributed by atoms with Crippen LogP contribution in [0.1, 0.15) is 16.2 Å². The molecule has 0 amide bonds. The van der Waals surface area contributed by atoms with E-state index < -0.39 is 5.82 Å². The number of rotatable bonds is 3. The van der Waals surface area contributed by atoms with Crippen molar-refractivity contribution in [1.29, 1.82) is 0 Å². The smallest absolute Gasteiger partial charge is 0.259 e. The van der Waals surface area contributed by atoms with Crippen molar-refractivity contribution in [2.24, 2.45) is 0 Å². The Balaban J connectivity index is 1.90. The number of carbonyl (C=O) groups excluding carboxylic acids is 1. The second-order valence-corrected chi connectivity index (χ2v) is 4.67. The zero-order valence-electron chi connectivity index (χ0n) is 11.4. The van der Waals surface area contributed by atoms with Crippen LogP contribution in [0.3, 0.4) is 0 Å². The monoisotopic (exact) mass is 294 g/mol. The van der Waals surface area contributed by atoms with Crippen LogP contribution < -0.4 is 5.56 Å². The molecule has 3 aromatic rings. The van der Waals surface area contributed by atoms with Gasteiger partial charge in [-0.3, -0.25) is 9.59 Å². The van der Waals surface area contributed by atoms with Crippen molar-refractivity contribution in [1.82, 2.24) is 9.97 Å². The number of H-pyrrole nitrogens is 1. The van der Waals surface area contributed by atoms with Crippen LogP contribution in [-0.2, 0) is 0 Å². The molecular formula is C17H11FN2O2. The van der Waals surface area contributed by atoms with Crippen LogP contribution >= 0.6 is 0 Å². The molecule has 3 rings (SSSR count). The molecule has 5 heteroatoms. The third-order valence-electron chi connectivity index (χ3n) is 3.15. The zero-order valence-corrected chi connectivity index (χ0v) is 11.4. The fraction of sp³-hybridized carbons (Fsp3) is 0. The quantitative estimate of drug-likeness (QED) is 0.596. The van der Waals surface area contributed by atoms with E-state index in [0.29, 0.717) is 22.3 Å². The van der Waals surface area contributed by atoms with Gasteiger partial charge in [-0.15, -0.1) is 0 Å². The Bertz CT molecular complexity index is 927. The maximum Gasteiger partial charge on any atom is 0.259 e. The number of aromatic nitrogens is 2. The van der Waals surface area contributed by atoms with E-state index in [9.17, 15) is 14.0 Å².